The van der Waals surface area contributed by atoms with Gasteiger partial charge in [0.15, 0.2) is 0 Å². The minimum atomic E-state index is -0.578. The van der Waals surface area contributed by atoms with Crippen LogP contribution in [0.5, 0.6) is 0 Å². The van der Waals surface area contributed by atoms with Crippen molar-refractivity contribution in [3.05, 3.63) is 0 Å². The largest absolute Gasteiger partial charge is 0.312 e. The number of hydrogen-bond acceptors (Lipinski definition) is 2. The molecule has 1 aliphatic rings. The lowest BCUT2D eigenvalue weighted by Gasteiger charge is -2.25. The first-order chi connectivity index (χ1) is 4.22. The number of rotatable bonds is 0. The standard InChI is InChI=1S/C6H13NOS/c1-5-6(2)9(8)4-3-7-5/h5-7H,3-4H2,1-2H3/t5-,6+,9+/m1/s1. The molecule has 0 aromatic heterocycles. The molecule has 1 N–H and O–H groups in total. The van der Waals surface area contributed by atoms with E-state index in [2.05, 4.69) is 12.2 Å². The van der Waals surface area contributed by atoms with E-state index >= 15 is 0 Å². The van der Waals surface area contributed by atoms with Crippen molar-refractivity contribution in [3.63, 3.8) is 0 Å². The van der Waals surface area contributed by atoms with Crippen LogP contribution in [0.4, 0.5) is 0 Å². The maximum Gasteiger partial charge on any atom is 0.0470 e. The van der Waals surface area contributed by atoms with Gasteiger partial charge >= 0.3 is 0 Å². The van der Waals surface area contributed by atoms with Crippen LogP contribution in [0.1, 0.15) is 13.8 Å². The monoisotopic (exact) mass is 147 g/mol. The van der Waals surface area contributed by atoms with E-state index in [4.69, 9.17) is 0 Å². The van der Waals surface area contributed by atoms with E-state index in [9.17, 15) is 4.21 Å². The SMILES string of the molecule is C[C@H]1NCC[S@](=O)[C@H]1C. The molecule has 9 heavy (non-hydrogen) atoms. The van der Waals surface area contributed by atoms with Gasteiger partial charge in [-0.05, 0) is 13.8 Å². The molecule has 0 aliphatic carbocycles. The van der Waals surface area contributed by atoms with Crippen LogP contribution in [0, 0.1) is 0 Å². The molecular formula is C6H13NOS. The average Bonchev–Trinajstić information content (AvgIpc) is 1.83. The Kier molecular flexibility index (Phi) is 2.24. The van der Waals surface area contributed by atoms with Gasteiger partial charge < -0.3 is 5.32 Å². The lowest BCUT2D eigenvalue weighted by molar-refractivity contribution is 0.528. The highest BCUT2D eigenvalue weighted by Crippen LogP contribution is 2.05. The van der Waals surface area contributed by atoms with E-state index in [1.807, 2.05) is 6.92 Å². The lowest BCUT2D eigenvalue weighted by Crippen LogP contribution is -2.46. The normalized spacial score (nSPS) is 44.9. The topological polar surface area (TPSA) is 29.1 Å². The molecule has 1 fully saturated rings. The Morgan fingerprint density at radius 3 is 2.67 bits per heavy atom. The zero-order valence-electron chi connectivity index (χ0n) is 5.89. The van der Waals surface area contributed by atoms with Crippen LogP contribution < -0.4 is 5.32 Å². The highest BCUT2D eigenvalue weighted by molar-refractivity contribution is 7.85. The third-order valence-electron chi connectivity index (χ3n) is 1.89. The maximum absolute atomic E-state index is 11.1. The van der Waals surface area contributed by atoms with Gasteiger partial charge in [-0.15, -0.1) is 0 Å². The zero-order chi connectivity index (χ0) is 6.85. The molecule has 1 heterocycles. The molecule has 54 valence electrons. The Balaban J connectivity index is 2.51. The predicted molar refractivity (Wildman–Crippen MR) is 39.9 cm³/mol. The molecule has 0 aromatic carbocycles. The Labute approximate surface area is 58.5 Å². The van der Waals surface area contributed by atoms with Gasteiger partial charge in [0.1, 0.15) is 0 Å². The van der Waals surface area contributed by atoms with Crippen molar-refractivity contribution in [2.75, 3.05) is 12.3 Å². The molecule has 0 unspecified atom stereocenters. The summed E-state index contributed by atoms with van der Waals surface area (Å²) in [5.41, 5.74) is 0. The van der Waals surface area contributed by atoms with Gasteiger partial charge in [0.25, 0.3) is 0 Å². The van der Waals surface area contributed by atoms with E-state index in [-0.39, 0.29) is 0 Å². The van der Waals surface area contributed by atoms with Gasteiger partial charge in [0.05, 0.1) is 0 Å². The van der Waals surface area contributed by atoms with Crippen molar-refractivity contribution < 1.29 is 4.21 Å². The Morgan fingerprint density at radius 1 is 1.56 bits per heavy atom. The minimum Gasteiger partial charge on any atom is -0.312 e. The first kappa shape index (κ1) is 7.22. The second-order valence-corrected chi connectivity index (χ2v) is 4.45. The first-order valence-electron chi connectivity index (χ1n) is 3.32. The fourth-order valence-electron chi connectivity index (χ4n) is 0.967. The summed E-state index contributed by atoms with van der Waals surface area (Å²) in [6, 6.07) is 0.430. The molecule has 1 rings (SSSR count). The van der Waals surface area contributed by atoms with E-state index in [0.717, 1.165) is 12.3 Å². The fourth-order valence-corrected chi connectivity index (χ4v) is 2.21. The van der Waals surface area contributed by atoms with E-state index in [1.54, 1.807) is 0 Å². The van der Waals surface area contributed by atoms with Crippen molar-refractivity contribution in [2.45, 2.75) is 25.1 Å². The summed E-state index contributed by atoms with van der Waals surface area (Å²) in [6.07, 6.45) is 0. The Bertz CT molecular complexity index is 126. The third-order valence-corrected chi connectivity index (χ3v) is 3.73. The molecule has 3 atom stereocenters. The van der Waals surface area contributed by atoms with E-state index < -0.39 is 10.8 Å². The van der Waals surface area contributed by atoms with Gasteiger partial charge in [0, 0.05) is 34.4 Å². The molecule has 0 amide bonds. The Morgan fingerprint density at radius 2 is 2.22 bits per heavy atom. The highest BCUT2D eigenvalue weighted by Gasteiger charge is 2.22. The maximum atomic E-state index is 11.1. The molecule has 3 heteroatoms. The summed E-state index contributed by atoms with van der Waals surface area (Å²) in [7, 11) is -0.578. The smallest absolute Gasteiger partial charge is 0.0470 e. The number of hydrogen-bond donors (Lipinski definition) is 1. The van der Waals surface area contributed by atoms with Crippen LogP contribution in [0.25, 0.3) is 0 Å². The van der Waals surface area contributed by atoms with Crippen molar-refractivity contribution in [3.8, 4) is 0 Å². The van der Waals surface area contributed by atoms with Crippen LogP contribution in [0.15, 0.2) is 0 Å². The molecule has 0 radical (unpaired) electrons. The summed E-state index contributed by atoms with van der Waals surface area (Å²) >= 11 is 0. The van der Waals surface area contributed by atoms with Crippen LogP contribution in [-0.4, -0.2) is 27.8 Å². The number of nitrogens with one attached hydrogen (secondary N) is 1. The minimum absolute atomic E-state index is 0.332. The van der Waals surface area contributed by atoms with Crippen molar-refractivity contribution in [1.29, 1.82) is 0 Å². The second kappa shape index (κ2) is 2.80. The Hall–Kier alpha value is 0.110. The summed E-state index contributed by atoms with van der Waals surface area (Å²) < 4.78 is 11.1. The summed E-state index contributed by atoms with van der Waals surface area (Å²) in [4.78, 5) is 0. The van der Waals surface area contributed by atoms with Gasteiger partial charge in [-0.2, -0.15) is 0 Å². The first-order valence-corrected chi connectivity index (χ1v) is 4.70. The van der Waals surface area contributed by atoms with E-state index in [0.29, 0.717) is 11.3 Å². The molecule has 1 aliphatic heterocycles. The fraction of sp³-hybridized carbons (Fsp3) is 1.00. The second-order valence-electron chi connectivity index (χ2n) is 2.53. The lowest BCUT2D eigenvalue weighted by atomic mass is 10.2. The average molecular weight is 147 g/mol. The molecular weight excluding hydrogens is 134 g/mol. The van der Waals surface area contributed by atoms with Crippen molar-refractivity contribution >= 4 is 10.8 Å². The zero-order valence-corrected chi connectivity index (χ0v) is 6.70. The molecule has 0 saturated carbocycles. The predicted octanol–water partition coefficient (Wildman–Crippen LogP) is 0.115. The van der Waals surface area contributed by atoms with Crippen molar-refractivity contribution in [1.82, 2.24) is 5.32 Å². The molecule has 0 aromatic rings. The van der Waals surface area contributed by atoms with Crippen LogP contribution in [0.3, 0.4) is 0 Å². The van der Waals surface area contributed by atoms with Crippen LogP contribution in [0.2, 0.25) is 0 Å². The van der Waals surface area contributed by atoms with Crippen molar-refractivity contribution in [2.24, 2.45) is 0 Å². The molecule has 1 saturated heterocycles. The summed E-state index contributed by atoms with van der Waals surface area (Å²) in [5.74, 6) is 0.825. The van der Waals surface area contributed by atoms with Gasteiger partial charge in [-0.3, -0.25) is 4.21 Å². The quantitative estimate of drug-likeness (QED) is 0.527. The summed E-state index contributed by atoms with van der Waals surface area (Å²) in [5, 5.41) is 3.60. The molecule has 2 nitrogen and oxygen atoms in total. The summed E-state index contributed by atoms with van der Waals surface area (Å²) in [6.45, 7) is 5.03. The third kappa shape index (κ3) is 1.52. The van der Waals surface area contributed by atoms with E-state index in [1.165, 1.54) is 0 Å². The molecule has 0 spiro atoms. The van der Waals surface area contributed by atoms with Crippen LogP contribution >= 0.6 is 0 Å². The van der Waals surface area contributed by atoms with Crippen LogP contribution in [-0.2, 0) is 10.8 Å². The molecule has 0 bridgehead atoms. The van der Waals surface area contributed by atoms with Gasteiger partial charge in [0.2, 0.25) is 0 Å². The highest BCUT2D eigenvalue weighted by atomic mass is 32.2. The van der Waals surface area contributed by atoms with Gasteiger partial charge in [-0.25, -0.2) is 0 Å². The van der Waals surface area contributed by atoms with Gasteiger partial charge in [-0.1, -0.05) is 0 Å².